The Hall–Kier alpha value is -1.92. The number of fused-ring (bicyclic) bond motifs is 1. The first-order valence-electron chi connectivity index (χ1n) is 5.54. The van der Waals surface area contributed by atoms with Gasteiger partial charge in [0.05, 0.1) is 0 Å². The van der Waals surface area contributed by atoms with Crippen molar-refractivity contribution in [3.63, 3.8) is 0 Å². The first-order chi connectivity index (χ1) is 8.24. The van der Waals surface area contributed by atoms with Crippen molar-refractivity contribution in [2.24, 2.45) is 5.41 Å². The molecule has 0 spiro atoms. The average Bonchev–Trinajstić information content (AvgIpc) is 2.26. The molecular weight excluding hydrogens is 240 g/mol. The van der Waals surface area contributed by atoms with Crippen molar-refractivity contribution in [3.05, 3.63) is 30.1 Å². The fourth-order valence-corrected chi connectivity index (χ4v) is 1.66. The molecule has 96 valence electrons. The van der Waals surface area contributed by atoms with E-state index in [2.05, 4.69) is 4.65 Å². The van der Waals surface area contributed by atoms with Gasteiger partial charge in [0.1, 0.15) is 5.68 Å². The van der Waals surface area contributed by atoms with E-state index in [4.69, 9.17) is 4.76 Å². The summed E-state index contributed by atoms with van der Waals surface area (Å²) in [6.07, 6.45) is 1.35. The Morgan fingerprint density at radius 1 is 1.39 bits per heavy atom. The lowest BCUT2D eigenvalue weighted by Crippen LogP contribution is -2.70. The predicted octanol–water partition coefficient (Wildman–Crippen LogP) is 0.636. The van der Waals surface area contributed by atoms with Crippen molar-refractivity contribution < 1.29 is 28.0 Å². The SMILES string of the molecule is CC(C)(C)C(=O)[B-]1(F)OC(=O)c2cccc[n+]2O1. The Morgan fingerprint density at radius 3 is 2.67 bits per heavy atom. The zero-order valence-corrected chi connectivity index (χ0v) is 10.3. The minimum Gasteiger partial charge on any atom is -0.614 e. The van der Waals surface area contributed by atoms with Gasteiger partial charge in [-0.25, -0.2) is 4.79 Å². The number of rotatable bonds is 1. The van der Waals surface area contributed by atoms with Crippen molar-refractivity contribution in [1.82, 2.24) is 0 Å². The first kappa shape index (κ1) is 12.5. The van der Waals surface area contributed by atoms with E-state index >= 15 is 0 Å². The van der Waals surface area contributed by atoms with Gasteiger partial charge in [-0.3, -0.25) is 0 Å². The molecule has 0 bridgehead atoms. The molecule has 1 atom stereocenters. The Kier molecular flexibility index (Phi) is 2.64. The van der Waals surface area contributed by atoms with E-state index in [0.29, 0.717) is 0 Å². The number of halogens is 1. The van der Waals surface area contributed by atoms with Crippen molar-refractivity contribution in [2.45, 2.75) is 20.8 Å². The summed E-state index contributed by atoms with van der Waals surface area (Å²) < 4.78 is 24.8. The van der Waals surface area contributed by atoms with Crippen molar-refractivity contribution in [2.75, 3.05) is 0 Å². The molecule has 2 rings (SSSR count). The van der Waals surface area contributed by atoms with Gasteiger partial charge in [-0.1, -0.05) is 20.8 Å². The van der Waals surface area contributed by atoms with Crippen LogP contribution >= 0.6 is 0 Å². The van der Waals surface area contributed by atoms with E-state index in [1.165, 1.54) is 33.0 Å². The van der Waals surface area contributed by atoms with Gasteiger partial charge in [0.2, 0.25) is 6.20 Å². The minimum absolute atomic E-state index is 0.0364. The zero-order valence-electron chi connectivity index (χ0n) is 10.3. The maximum Gasteiger partial charge on any atom is 0.648 e. The molecule has 1 aromatic heterocycles. The maximum absolute atomic E-state index is 14.4. The molecular formula is C11H13BFNO4. The van der Waals surface area contributed by atoms with Crippen LogP contribution in [0.3, 0.4) is 0 Å². The third kappa shape index (κ3) is 1.96. The summed E-state index contributed by atoms with van der Waals surface area (Å²) in [5, 5.41) is 0. The molecule has 1 aliphatic heterocycles. The van der Waals surface area contributed by atoms with Gasteiger partial charge in [0.25, 0.3) is 0 Å². The van der Waals surface area contributed by atoms with Crippen LogP contribution in [0.25, 0.3) is 0 Å². The number of nitrogens with zero attached hydrogens (tertiary/aromatic N) is 1. The summed E-state index contributed by atoms with van der Waals surface area (Å²) in [6, 6.07) is 4.56. The molecule has 0 amide bonds. The smallest absolute Gasteiger partial charge is 0.614 e. The molecule has 0 saturated heterocycles. The van der Waals surface area contributed by atoms with E-state index in [9.17, 15) is 13.9 Å². The number of carbonyl (C=O) groups excluding carboxylic acids is 2. The second-order valence-electron chi connectivity index (χ2n) is 5.16. The molecule has 1 aliphatic rings. The number of carbonyl (C=O) groups is 2. The van der Waals surface area contributed by atoms with Crippen LogP contribution in [0.2, 0.25) is 0 Å². The second-order valence-corrected chi connectivity index (χ2v) is 5.16. The van der Waals surface area contributed by atoms with Gasteiger partial charge < -0.3 is 18.5 Å². The summed E-state index contributed by atoms with van der Waals surface area (Å²) in [4.78, 5) is 23.6. The van der Waals surface area contributed by atoms with Gasteiger partial charge in [-0.15, -0.1) is 0 Å². The highest BCUT2D eigenvalue weighted by molar-refractivity contribution is 6.93. The van der Waals surface area contributed by atoms with Crippen molar-refractivity contribution in [1.29, 1.82) is 0 Å². The number of hydrogen-bond donors (Lipinski definition) is 0. The highest BCUT2D eigenvalue weighted by Crippen LogP contribution is 2.24. The van der Waals surface area contributed by atoms with E-state index < -0.39 is 23.9 Å². The van der Waals surface area contributed by atoms with Gasteiger partial charge >= 0.3 is 18.5 Å². The largest absolute Gasteiger partial charge is 0.648 e. The monoisotopic (exact) mass is 253 g/mol. The number of hydrogen-bond acceptors (Lipinski definition) is 4. The summed E-state index contributed by atoms with van der Waals surface area (Å²) >= 11 is 0. The Morgan fingerprint density at radius 2 is 2.06 bits per heavy atom. The highest BCUT2D eigenvalue weighted by Gasteiger charge is 2.55. The molecule has 18 heavy (non-hydrogen) atoms. The predicted molar refractivity (Wildman–Crippen MR) is 60.0 cm³/mol. The number of aromatic nitrogens is 1. The Bertz CT molecular complexity index is 528. The van der Waals surface area contributed by atoms with Gasteiger partial charge in [-0.05, 0) is 16.2 Å². The fraction of sp³-hybridized carbons (Fsp3) is 0.364. The molecule has 0 radical (unpaired) electrons. The Balaban J connectivity index is 2.41. The van der Waals surface area contributed by atoms with Crippen LogP contribution in [0.5, 0.6) is 0 Å². The molecule has 1 aromatic rings. The first-order valence-corrected chi connectivity index (χ1v) is 5.54. The summed E-state index contributed by atoms with van der Waals surface area (Å²) in [5.41, 5.74) is -1.87. The van der Waals surface area contributed by atoms with Crippen LogP contribution in [0.1, 0.15) is 31.3 Å². The molecule has 2 heterocycles. The lowest BCUT2D eigenvalue weighted by Gasteiger charge is -2.35. The van der Waals surface area contributed by atoms with E-state index in [-0.39, 0.29) is 5.69 Å². The zero-order chi connectivity index (χ0) is 13.6. The summed E-state index contributed by atoms with van der Waals surface area (Å²) in [7, 11) is 0. The molecule has 0 saturated carbocycles. The maximum atomic E-state index is 14.4. The molecule has 0 aliphatic carbocycles. The van der Waals surface area contributed by atoms with Crippen LogP contribution < -0.4 is 9.49 Å². The van der Waals surface area contributed by atoms with Gasteiger partial charge in [0, 0.05) is 12.1 Å². The average molecular weight is 253 g/mol. The van der Waals surface area contributed by atoms with Crippen LogP contribution in [-0.2, 0) is 9.45 Å². The topological polar surface area (TPSA) is 56.5 Å². The fourth-order valence-electron chi connectivity index (χ4n) is 1.66. The van der Waals surface area contributed by atoms with Crippen molar-refractivity contribution >= 4 is 18.5 Å². The standard InChI is InChI=1S/C11H13BFNO4/c1-11(2,3)10(16)12(13)17-9(15)8-6-4-5-7-14(8)18-12/h4-7H,1-3H3. The summed E-state index contributed by atoms with van der Waals surface area (Å²) in [5.74, 6) is -0.915. The van der Waals surface area contributed by atoms with E-state index in [1.54, 1.807) is 12.1 Å². The van der Waals surface area contributed by atoms with Crippen LogP contribution in [0, 0.1) is 5.41 Å². The molecule has 1 unspecified atom stereocenters. The molecule has 0 N–H and O–H groups in total. The van der Waals surface area contributed by atoms with E-state index in [1.807, 2.05) is 0 Å². The Labute approximate surface area is 103 Å². The van der Waals surface area contributed by atoms with Gasteiger partial charge in [0.15, 0.2) is 0 Å². The molecule has 0 aromatic carbocycles. The third-order valence-electron chi connectivity index (χ3n) is 2.59. The molecule has 7 heteroatoms. The quantitative estimate of drug-likeness (QED) is 0.544. The van der Waals surface area contributed by atoms with Crippen LogP contribution in [0.15, 0.2) is 24.4 Å². The lowest BCUT2D eigenvalue weighted by atomic mass is 9.64. The second kappa shape index (κ2) is 3.79. The molecule has 0 fully saturated rings. The molecule has 5 nitrogen and oxygen atoms in total. The summed E-state index contributed by atoms with van der Waals surface area (Å²) in [6.45, 7) is 0.765. The van der Waals surface area contributed by atoms with Crippen LogP contribution in [0.4, 0.5) is 4.32 Å². The van der Waals surface area contributed by atoms with Gasteiger partial charge in [-0.2, -0.15) is 0 Å². The van der Waals surface area contributed by atoms with Crippen LogP contribution in [-0.4, -0.2) is 18.5 Å². The van der Waals surface area contributed by atoms with Crippen molar-refractivity contribution in [3.8, 4) is 0 Å². The number of pyridine rings is 1. The third-order valence-corrected chi connectivity index (χ3v) is 2.59. The van der Waals surface area contributed by atoms with E-state index in [0.717, 1.165) is 4.73 Å². The highest BCUT2D eigenvalue weighted by atomic mass is 19.1. The minimum atomic E-state index is -3.82. The lowest BCUT2D eigenvalue weighted by molar-refractivity contribution is -0.871. The normalized spacial score (nSPS) is 22.8.